The molecule has 0 aromatic heterocycles. The summed E-state index contributed by atoms with van der Waals surface area (Å²) in [4.78, 5) is 26.3. The molecule has 140 valence electrons. The highest BCUT2D eigenvalue weighted by Crippen LogP contribution is 2.40. The van der Waals surface area contributed by atoms with Gasteiger partial charge in [0.15, 0.2) is 0 Å². The molecule has 27 heavy (non-hydrogen) atoms. The van der Waals surface area contributed by atoms with E-state index < -0.39 is 29.3 Å². The quantitative estimate of drug-likeness (QED) is 0.467. The number of carbonyl (C=O) groups is 2. The second kappa shape index (κ2) is 7.90. The molecule has 2 aromatic rings. The molecule has 1 aliphatic heterocycles. The van der Waals surface area contributed by atoms with Crippen molar-refractivity contribution < 1.29 is 24.2 Å². The normalized spacial score (nSPS) is 18.9. The van der Waals surface area contributed by atoms with Crippen molar-refractivity contribution in [1.82, 2.24) is 4.90 Å². The molecule has 2 aromatic carbocycles. The zero-order chi connectivity index (χ0) is 19.6. The maximum Gasteiger partial charge on any atom is 0.295 e. The van der Waals surface area contributed by atoms with Crippen LogP contribution in [0.25, 0.3) is 5.76 Å². The number of hydrogen-bond acceptors (Lipinski definition) is 4. The van der Waals surface area contributed by atoms with E-state index in [1.807, 2.05) is 0 Å². The number of carbonyl (C=O) groups excluding carboxylic acids is 2. The van der Waals surface area contributed by atoms with Crippen LogP contribution < -0.4 is 0 Å². The summed E-state index contributed by atoms with van der Waals surface area (Å²) in [7, 11) is 0. The number of ketones is 1. The Kier molecular flexibility index (Phi) is 5.58. The Morgan fingerprint density at radius 2 is 1.78 bits per heavy atom. The van der Waals surface area contributed by atoms with Crippen LogP contribution in [0.4, 0.5) is 4.39 Å². The smallest absolute Gasteiger partial charge is 0.295 e. The SMILES string of the molecule is O=C1C(=O)N(CCCO)C(c2ccccc2F)/C1=C(\O)c1ccc(Cl)cc1. The van der Waals surface area contributed by atoms with Gasteiger partial charge in [-0.15, -0.1) is 0 Å². The van der Waals surface area contributed by atoms with Crippen molar-refractivity contribution in [3.63, 3.8) is 0 Å². The second-order valence-corrected chi connectivity index (χ2v) is 6.53. The van der Waals surface area contributed by atoms with Crippen LogP contribution in [-0.4, -0.2) is 40.0 Å². The molecule has 0 saturated carbocycles. The topological polar surface area (TPSA) is 77.8 Å². The largest absolute Gasteiger partial charge is 0.507 e. The summed E-state index contributed by atoms with van der Waals surface area (Å²) in [6.07, 6.45) is 0.221. The van der Waals surface area contributed by atoms with Gasteiger partial charge < -0.3 is 15.1 Å². The molecule has 2 N–H and O–H groups in total. The van der Waals surface area contributed by atoms with E-state index in [9.17, 15) is 19.1 Å². The molecular weight excluding hydrogens is 373 g/mol. The number of amides is 1. The van der Waals surface area contributed by atoms with Gasteiger partial charge in [-0.2, -0.15) is 0 Å². The van der Waals surface area contributed by atoms with Gasteiger partial charge in [0.2, 0.25) is 0 Å². The van der Waals surface area contributed by atoms with E-state index in [0.29, 0.717) is 10.6 Å². The maximum absolute atomic E-state index is 14.5. The Morgan fingerprint density at radius 3 is 2.41 bits per heavy atom. The molecule has 1 heterocycles. The first-order chi connectivity index (χ1) is 13.0. The van der Waals surface area contributed by atoms with Crippen LogP contribution in [0, 0.1) is 5.82 Å². The fraction of sp³-hybridized carbons (Fsp3) is 0.200. The van der Waals surface area contributed by atoms with Crippen molar-refractivity contribution in [3.05, 3.63) is 76.1 Å². The molecule has 0 radical (unpaired) electrons. The van der Waals surface area contributed by atoms with Gasteiger partial charge in [0.25, 0.3) is 11.7 Å². The zero-order valence-electron chi connectivity index (χ0n) is 14.2. The number of aliphatic hydroxyl groups excluding tert-OH is 2. The van der Waals surface area contributed by atoms with Crippen LogP contribution in [0.3, 0.4) is 0 Å². The molecule has 0 aliphatic carbocycles. The summed E-state index contributed by atoms with van der Waals surface area (Å²) in [5, 5.41) is 20.3. The van der Waals surface area contributed by atoms with Gasteiger partial charge in [0.05, 0.1) is 11.6 Å². The molecular formula is C20H17ClFNO4. The van der Waals surface area contributed by atoms with Crippen LogP contribution in [0.5, 0.6) is 0 Å². The van der Waals surface area contributed by atoms with E-state index in [0.717, 1.165) is 0 Å². The number of rotatable bonds is 5. The fourth-order valence-corrected chi connectivity index (χ4v) is 3.26. The third-order valence-electron chi connectivity index (χ3n) is 4.41. The average Bonchev–Trinajstić information content (AvgIpc) is 2.91. The summed E-state index contributed by atoms with van der Waals surface area (Å²) in [5.41, 5.74) is 0.205. The van der Waals surface area contributed by atoms with E-state index in [4.69, 9.17) is 16.7 Å². The lowest BCUT2D eigenvalue weighted by Crippen LogP contribution is -2.31. The van der Waals surface area contributed by atoms with E-state index in [1.165, 1.54) is 47.4 Å². The van der Waals surface area contributed by atoms with Crippen molar-refractivity contribution in [1.29, 1.82) is 0 Å². The number of Topliss-reactive ketones (excluding diaryl/α,β-unsaturated/α-hetero) is 1. The van der Waals surface area contributed by atoms with E-state index in [2.05, 4.69) is 0 Å². The van der Waals surface area contributed by atoms with Crippen molar-refractivity contribution >= 4 is 29.1 Å². The third-order valence-corrected chi connectivity index (χ3v) is 4.67. The van der Waals surface area contributed by atoms with Crippen LogP contribution in [-0.2, 0) is 9.59 Å². The van der Waals surface area contributed by atoms with Gasteiger partial charge in [0.1, 0.15) is 11.6 Å². The first kappa shape index (κ1) is 19.1. The molecule has 1 unspecified atom stereocenters. The van der Waals surface area contributed by atoms with E-state index in [1.54, 1.807) is 6.07 Å². The summed E-state index contributed by atoms with van der Waals surface area (Å²) in [5.74, 6) is -2.73. The maximum atomic E-state index is 14.5. The molecule has 7 heteroatoms. The highest BCUT2D eigenvalue weighted by Gasteiger charge is 2.46. The van der Waals surface area contributed by atoms with Crippen molar-refractivity contribution in [3.8, 4) is 0 Å². The number of hydrogen-bond donors (Lipinski definition) is 2. The zero-order valence-corrected chi connectivity index (χ0v) is 15.0. The van der Waals surface area contributed by atoms with Crippen molar-refractivity contribution in [2.75, 3.05) is 13.2 Å². The number of aliphatic hydroxyl groups is 2. The third kappa shape index (κ3) is 3.59. The van der Waals surface area contributed by atoms with E-state index >= 15 is 0 Å². The molecule has 1 aliphatic rings. The lowest BCUT2D eigenvalue weighted by molar-refractivity contribution is -0.140. The lowest BCUT2D eigenvalue weighted by Gasteiger charge is -2.25. The minimum absolute atomic E-state index is 0.0530. The van der Waals surface area contributed by atoms with Crippen LogP contribution >= 0.6 is 11.6 Å². The molecule has 1 atom stereocenters. The minimum Gasteiger partial charge on any atom is -0.507 e. The minimum atomic E-state index is -1.08. The van der Waals surface area contributed by atoms with Crippen LogP contribution in [0.2, 0.25) is 5.02 Å². The Hall–Kier alpha value is -2.70. The van der Waals surface area contributed by atoms with Gasteiger partial charge in [-0.3, -0.25) is 9.59 Å². The van der Waals surface area contributed by atoms with Gasteiger partial charge in [-0.05, 0) is 36.8 Å². The highest BCUT2D eigenvalue weighted by molar-refractivity contribution is 6.46. The van der Waals surface area contributed by atoms with Crippen LogP contribution in [0.1, 0.15) is 23.6 Å². The Balaban J connectivity index is 2.18. The first-order valence-corrected chi connectivity index (χ1v) is 8.73. The Bertz CT molecular complexity index is 910. The number of benzene rings is 2. The van der Waals surface area contributed by atoms with Crippen LogP contribution in [0.15, 0.2) is 54.1 Å². The van der Waals surface area contributed by atoms with Gasteiger partial charge in [-0.25, -0.2) is 4.39 Å². The molecule has 0 spiro atoms. The monoisotopic (exact) mass is 389 g/mol. The van der Waals surface area contributed by atoms with E-state index in [-0.39, 0.29) is 30.7 Å². The van der Waals surface area contributed by atoms with Crippen molar-refractivity contribution in [2.45, 2.75) is 12.5 Å². The molecule has 0 bridgehead atoms. The average molecular weight is 390 g/mol. The lowest BCUT2D eigenvalue weighted by atomic mass is 9.95. The molecule has 3 rings (SSSR count). The van der Waals surface area contributed by atoms with Gasteiger partial charge >= 0.3 is 0 Å². The molecule has 5 nitrogen and oxygen atoms in total. The summed E-state index contributed by atoms with van der Waals surface area (Å²) in [6, 6.07) is 10.8. The predicted molar refractivity (Wildman–Crippen MR) is 98.6 cm³/mol. The Labute approximate surface area is 160 Å². The molecule has 1 fully saturated rings. The summed E-state index contributed by atoms with van der Waals surface area (Å²) >= 11 is 5.85. The first-order valence-electron chi connectivity index (χ1n) is 8.35. The second-order valence-electron chi connectivity index (χ2n) is 6.10. The predicted octanol–water partition coefficient (Wildman–Crippen LogP) is 3.28. The van der Waals surface area contributed by atoms with Gasteiger partial charge in [0, 0.05) is 29.3 Å². The number of halogens is 2. The molecule has 1 saturated heterocycles. The van der Waals surface area contributed by atoms with Gasteiger partial charge in [-0.1, -0.05) is 29.8 Å². The molecule has 1 amide bonds. The Morgan fingerprint density at radius 1 is 1.11 bits per heavy atom. The fourth-order valence-electron chi connectivity index (χ4n) is 3.14. The number of likely N-dealkylation sites (tertiary alicyclic amines) is 1. The standard InChI is InChI=1S/C20H17ClFNO4/c21-13-8-6-12(7-9-13)18(25)16-17(14-4-1-2-5-15(14)22)23(10-3-11-24)20(27)19(16)26/h1-2,4-9,17,24-25H,3,10-11H2/b18-16+. The summed E-state index contributed by atoms with van der Waals surface area (Å²) < 4.78 is 14.5. The highest BCUT2D eigenvalue weighted by atomic mass is 35.5. The number of nitrogens with zero attached hydrogens (tertiary/aromatic N) is 1. The summed E-state index contributed by atoms with van der Waals surface area (Å²) in [6.45, 7) is -0.137. The van der Waals surface area contributed by atoms with Crippen molar-refractivity contribution in [2.24, 2.45) is 0 Å².